The lowest BCUT2D eigenvalue weighted by atomic mass is 9.96. The fourth-order valence-electron chi connectivity index (χ4n) is 8.07. The van der Waals surface area contributed by atoms with Gasteiger partial charge in [-0.25, -0.2) is 4.98 Å². The number of aliphatic hydroxyl groups is 1. The number of unbranched alkanes of at least 4 members (excludes halogenated alkanes) is 1. The van der Waals surface area contributed by atoms with Crippen LogP contribution >= 0.6 is 0 Å². The van der Waals surface area contributed by atoms with Crippen LogP contribution in [0, 0.1) is 17.8 Å². The number of carbonyl (C=O) groups excluding carboxylic acids is 10. The van der Waals surface area contributed by atoms with Crippen LogP contribution in [-0.4, -0.2) is 158 Å². The Balaban J connectivity index is 2.30. The van der Waals surface area contributed by atoms with Gasteiger partial charge in [-0.15, -0.1) is 0 Å². The summed E-state index contributed by atoms with van der Waals surface area (Å²) in [5.41, 5.74) is 16.7. The number of hydrogen-bond donors (Lipinski definition) is 15. The second-order valence-corrected chi connectivity index (χ2v) is 21.7. The standard InChI is InChI=1S/C53H86N14O13/c1-27(2)20-36(43(56)71)61-48(76)37(21-28(3)4)64-52(80)53(9,10)67-51(79)41(29(5)6)65-49(77)38(22-32-16-12-11-13-17-32)62-44(72)30(7)59-47(75)39(24-40(69)70)63-50(78)42(31(8)68)66-46(74)35(18-14-15-19-54)60-45(73)34(55)23-33-25-57-26-58-33/h11-13,16-17,25-31,34-39,41-42,68H,14-15,18-24,54-55H2,1-10H3,(H2,56,71)(H,57,58)(H,59,75)(H,60,73)(H,61,76)(H,62,72)(H,63,78)(H,64,80)(H,65,77)(H,66,74)(H,67,79)(H,69,70)/t30-,31?,34-,35-,36-,37-,38-,39-,41-,42-/m0/s1. The van der Waals surface area contributed by atoms with Crippen LogP contribution in [0.25, 0.3) is 0 Å². The molecule has 10 atom stereocenters. The molecule has 446 valence electrons. The van der Waals surface area contributed by atoms with E-state index in [1.165, 1.54) is 33.3 Å². The van der Waals surface area contributed by atoms with Gasteiger partial charge in [-0.05, 0) is 89.7 Å². The minimum Gasteiger partial charge on any atom is -0.481 e. The third kappa shape index (κ3) is 23.8. The molecule has 0 aliphatic rings. The molecule has 80 heavy (non-hydrogen) atoms. The summed E-state index contributed by atoms with van der Waals surface area (Å²) in [6.07, 6.45) is 1.45. The summed E-state index contributed by atoms with van der Waals surface area (Å²) in [4.78, 5) is 154. The largest absolute Gasteiger partial charge is 0.481 e. The van der Waals surface area contributed by atoms with E-state index in [0.717, 1.165) is 6.92 Å². The van der Waals surface area contributed by atoms with Crippen molar-refractivity contribution >= 4 is 65.0 Å². The monoisotopic (exact) mass is 1130 g/mol. The van der Waals surface area contributed by atoms with E-state index in [4.69, 9.17) is 17.2 Å². The van der Waals surface area contributed by atoms with Gasteiger partial charge in [0.15, 0.2) is 0 Å². The fourth-order valence-corrected chi connectivity index (χ4v) is 8.07. The van der Waals surface area contributed by atoms with Crippen LogP contribution in [-0.2, 0) is 65.6 Å². The van der Waals surface area contributed by atoms with Gasteiger partial charge in [0, 0.05) is 24.7 Å². The zero-order valence-corrected chi connectivity index (χ0v) is 47.5. The van der Waals surface area contributed by atoms with Gasteiger partial charge in [0.25, 0.3) is 0 Å². The molecular formula is C53H86N14O13. The Bertz CT molecular complexity index is 2400. The summed E-state index contributed by atoms with van der Waals surface area (Å²) in [7, 11) is 0. The zero-order chi connectivity index (χ0) is 60.6. The lowest BCUT2D eigenvalue weighted by Crippen LogP contribution is -2.64. The number of rotatable bonds is 35. The Morgan fingerprint density at radius 2 is 1.15 bits per heavy atom. The number of nitrogens with one attached hydrogen (secondary N) is 10. The van der Waals surface area contributed by atoms with E-state index in [-0.39, 0.29) is 50.5 Å². The van der Waals surface area contributed by atoms with E-state index in [9.17, 15) is 63.0 Å². The normalized spacial score (nSPS) is 15.2. The number of carboxylic acids is 1. The Hall–Kier alpha value is -7.52. The van der Waals surface area contributed by atoms with E-state index in [0.29, 0.717) is 24.1 Å². The van der Waals surface area contributed by atoms with Crippen LogP contribution in [0.15, 0.2) is 42.9 Å². The fraction of sp³-hybridized carbons (Fsp3) is 0.623. The number of benzene rings is 1. The van der Waals surface area contributed by atoms with Gasteiger partial charge in [0.1, 0.15) is 53.9 Å². The zero-order valence-electron chi connectivity index (χ0n) is 47.5. The molecule has 0 saturated heterocycles. The van der Waals surface area contributed by atoms with Crippen molar-refractivity contribution in [3.8, 4) is 0 Å². The smallest absolute Gasteiger partial charge is 0.305 e. The highest BCUT2D eigenvalue weighted by atomic mass is 16.4. The van der Waals surface area contributed by atoms with Crippen molar-refractivity contribution in [2.45, 2.75) is 187 Å². The number of aromatic nitrogens is 2. The molecule has 1 heterocycles. The average Bonchev–Trinajstić information content (AvgIpc) is 3.88. The lowest BCUT2D eigenvalue weighted by molar-refractivity contribution is -0.142. The van der Waals surface area contributed by atoms with E-state index in [1.807, 2.05) is 27.7 Å². The first-order chi connectivity index (χ1) is 37.4. The number of imidazole rings is 1. The van der Waals surface area contributed by atoms with Crippen LogP contribution in [0.4, 0.5) is 0 Å². The quantitative estimate of drug-likeness (QED) is 0.0318. The molecule has 0 bridgehead atoms. The number of nitrogens with two attached hydrogens (primary N) is 3. The Morgan fingerprint density at radius 1 is 0.613 bits per heavy atom. The third-order valence-electron chi connectivity index (χ3n) is 12.6. The minimum atomic E-state index is -1.89. The first-order valence-electron chi connectivity index (χ1n) is 26.8. The molecule has 0 aliphatic carbocycles. The highest BCUT2D eigenvalue weighted by molar-refractivity contribution is 6.00. The van der Waals surface area contributed by atoms with E-state index >= 15 is 0 Å². The van der Waals surface area contributed by atoms with Gasteiger partial charge in [-0.3, -0.25) is 52.7 Å². The Morgan fingerprint density at radius 3 is 1.69 bits per heavy atom. The van der Waals surface area contributed by atoms with Gasteiger partial charge in [0.2, 0.25) is 59.1 Å². The Labute approximate surface area is 466 Å². The molecule has 1 aromatic heterocycles. The highest BCUT2D eigenvalue weighted by Gasteiger charge is 2.39. The number of aliphatic hydroxyl groups excluding tert-OH is 1. The second kappa shape index (κ2) is 33.2. The topological polar surface area (TPSA) is 443 Å². The number of aromatic amines is 1. The molecule has 0 fully saturated rings. The number of aliphatic carboxylic acids is 1. The molecule has 1 unspecified atom stereocenters. The molecule has 27 nitrogen and oxygen atoms in total. The lowest BCUT2D eigenvalue weighted by Gasteiger charge is -2.32. The van der Waals surface area contributed by atoms with Crippen LogP contribution in [0.1, 0.15) is 119 Å². The number of nitrogens with zero attached hydrogens (tertiary/aromatic N) is 1. The Kier molecular flexibility index (Phi) is 28.4. The predicted octanol–water partition coefficient (Wildman–Crippen LogP) is -2.47. The molecular weight excluding hydrogens is 1040 g/mol. The van der Waals surface area contributed by atoms with E-state index < -0.39 is 143 Å². The average molecular weight is 1130 g/mol. The summed E-state index contributed by atoms with van der Waals surface area (Å²) >= 11 is 0. The first kappa shape index (κ1) is 68.6. The molecule has 2 rings (SSSR count). The number of H-pyrrole nitrogens is 1. The predicted molar refractivity (Wildman–Crippen MR) is 294 cm³/mol. The third-order valence-corrected chi connectivity index (χ3v) is 12.6. The number of amides is 10. The van der Waals surface area contributed by atoms with E-state index in [1.54, 1.807) is 44.2 Å². The maximum Gasteiger partial charge on any atom is 0.305 e. The second-order valence-electron chi connectivity index (χ2n) is 21.7. The van der Waals surface area contributed by atoms with Gasteiger partial charge in [0.05, 0.1) is 24.9 Å². The van der Waals surface area contributed by atoms with Gasteiger partial charge in [-0.1, -0.05) is 71.9 Å². The number of carboxylic acid groups (broad SMARTS) is 1. The maximum atomic E-state index is 14.2. The maximum absolute atomic E-state index is 14.2. The van der Waals surface area contributed by atoms with Crippen molar-refractivity contribution < 1.29 is 63.0 Å². The van der Waals surface area contributed by atoms with Crippen molar-refractivity contribution in [2.75, 3.05) is 6.54 Å². The first-order valence-corrected chi connectivity index (χ1v) is 26.8. The van der Waals surface area contributed by atoms with E-state index in [2.05, 4.69) is 57.8 Å². The molecule has 0 aliphatic heterocycles. The summed E-state index contributed by atoms with van der Waals surface area (Å²) < 4.78 is 0. The van der Waals surface area contributed by atoms with Gasteiger partial charge < -0.3 is 80.2 Å². The summed E-state index contributed by atoms with van der Waals surface area (Å²) in [5, 5.41) is 43.1. The van der Waals surface area contributed by atoms with Crippen LogP contribution < -0.4 is 65.1 Å². The molecule has 0 spiro atoms. The van der Waals surface area contributed by atoms with Crippen molar-refractivity contribution in [3.63, 3.8) is 0 Å². The van der Waals surface area contributed by atoms with Crippen molar-refractivity contribution in [1.29, 1.82) is 0 Å². The van der Waals surface area contributed by atoms with Crippen molar-refractivity contribution in [1.82, 2.24) is 57.8 Å². The molecule has 18 N–H and O–H groups in total. The number of primary amides is 1. The molecule has 2 aromatic rings. The molecule has 27 heteroatoms. The van der Waals surface area contributed by atoms with Gasteiger partial charge in [-0.2, -0.15) is 0 Å². The summed E-state index contributed by atoms with van der Waals surface area (Å²) in [6, 6.07) is -3.94. The molecule has 1 aromatic carbocycles. The van der Waals surface area contributed by atoms with Crippen LogP contribution in [0.2, 0.25) is 0 Å². The van der Waals surface area contributed by atoms with Crippen molar-refractivity contribution in [3.05, 3.63) is 54.1 Å². The van der Waals surface area contributed by atoms with Crippen molar-refractivity contribution in [2.24, 2.45) is 35.0 Å². The molecule has 0 radical (unpaired) electrons. The van der Waals surface area contributed by atoms with Crippen LogP contribution in [0.5, 0.6) is 0 Å². The number of carbonyl (C=O) groups is 11. The molecule has 10 amide bonds. The summed E-state index contributed by atoms with van der Waals surface area (Å²) in [6.45, 7) is 16.1. The number of hydrogen-bond acceptors (Lipinski definition) is 15. The SMILES string of the molecule is CC(C)C[C@H](NC(=O)[C@H](CC(C)C)NC(=O)C(C)(C)NC(=O)[C@@H](NC(=O)[C@H](Cc1ccccc1)NC(=O)[C@H](C)NC(=O)[C@H](CC(=O)O)NC(=O)[C@@H](NC(=O)[C@H](CCCCN)NC(=O)[C@@H](N)Cc1cnc[nH]1)C(C)O)C(C)C)C(N)=O. The van der Waals surface area contributed by atoms with Crippen LogP contribution in [0.3, 0.4) is 0 Å². The summed E-state index contributed by atoms with van der Waals surface area (Å²) in [5.74, 6) is -11.0. The molecule has 0 saturated carbocycles. The minimum absolute atomic E-state index is 0.0134. The van der Waals surface area contributed by atoms with Gasteiger partial charge >= 0.3 is 5.97 Å². The highest BCUT2D eigenvalue weighted by Crippen LogP contribution is 2.14.